The fourth-order valence-electron chi connectivity index (χ4n) is 1.96. The van der Waals surface area contributed by atoms with Crippen molar-refractivity contribution in [1.29, 1.82) is 0 Å². The van der Waals surface area contributed by atoms with E-state index in [1.807, 2.05) is 31.2 Å². The predicted octanol–water partition coefficient (Wildman–Crippen LogP) is 3.64. The van der Waals surface area contributed by atoms with E-state index in [1.54, 1.807) is 19.2 Å². The van der Waals surface area contributed by atoms with E-state index in [0.29, 0.717) is 6.61 Å². The van der Waals surface area contributed by atoms with Gasteiger partial charge in [0.15, 0.2) is 0 Å². The Hall–Kier alpha value is -1.90. The number of carbonyl (C=O) groups excluding carboxylic acids is 1. The zero-order chi connectivity index (χ0) is 14.1. The molecule has 0 fully saturated rings. The highest BCUT2D eigenvalue weighted by atomic mass is 16.5. The predicted molar refractivity (Wildman–Crippen MR) is 76.8 cm³/mol. The summed E-state index contributed by atoms with van der Waals surface area (Å²) in [6.07, 6.45) is 6.85. The van der Waals surface area contributed by atoms with E-state index in [-0.39, 0.29) is 11.9 Å². The van der Waals surface area contributed by atoms with Crippen LogP contribution in [0, 0.1) is 0 Å². The van der Waals surface area contributed by atoms with E-state index in [2.05, 4.69) is 11.6 Å². The zero-order valence-electron chi connectivity index (χ0n) is 11.6. The van der Waals surface area contributed by atoms with E-state index in [0.717, 1.165) is 24.1 Å². The molecule has 0 saturated heterocycles. The number of hydrogen-bond acceptors (Lipinski definition) is 3. The van der Waals surface area contributed by atoms with Crippen molar-refractivity contribution in [1.82, 2.24) is 4.98 Å². The standard InChI is InChI=1S/C16H21NO2/c1-4-8-14(15-9-6-7-10-17-15)11-13(3)12-16(18)19-5-2/h4,6-7,9-10,12,14H,1,5,8,11H2,2-3H3. The van der Waals surface area contributed by atoms with Crippen molar-refractivity contribution in [2.24, 2.45) is 0 Å². The van der Waals surface area contributed by atoms with Crippen LogP contribution < -0.4 is 0 Å². The molecule has 0 aliphatic heterocycles. The highest BCUT2D eigenvalue weighted by molar-refractivity contribution is 5.82. The third-order valence-corrected chi connectivity index (χ3v) is 2.78. The van der Waals surface area contributed by atoms with E-state index < -0.39 is 0 Å². The summed E-state index contributed by atoms with van der Waals surface area (Å²) in [5.74, 6) is -0.0252. The summed E-state index contributed by atoms with van der Waals surface area (Å²) in [7, 11) is 0. The number of nitrogens with zero attached hydrogens (tertiary/aromatic N) is 1. The maximum absolute atomic E-state index is 11.4. The van der Waals surface area contributed by atoms with Crippen LogP contribution in [0.15, 0.2) is 48.7 Å². The van der Waals surface area contributed by atoms with Gasteiger partial charge in [0.2, 0.25) is 0 Å². The molecule has 1 heterocycles. The molecule has 19 heavy (non-hydrogen) atoms. The van der Waals surface area contributed by atoms with E-state index in [1.165, 1.54) is 0 Å². The first-order chi connectivity index (χ1) is 9.17. The molecule has 0 bridgehead atoms. The molecule has 1 atom stereocenters. The van der Waals surface area contributed by atoms with Gasteiger partial charge in [0.05, 0.1) is 6.61 Å². The Labute approximate surface area is 115 Å². The number of rotatable bonds is 7. The second-order valence-corrected chi connectivity index (χ2v) is 4.42. The number of pyridine rings is 1. The molecule has 0 aliphatic carbocycles. The molecule has 1 unspecified atom stereocenters. The van der Waals surface area contributed by atoms with E-state index in [4.69, 9.17) is 4.74 Å². The Kier molecular flexibility index (Phi) is 6.58. The van der Waals surface area contributed by atoms with E-state index in [9.17, 15) is 4.79 Å². The molecular formula is C16H21NO2. The second-order valence-electron chi connectivity index (χ2n) is 4.42. The molecular weight excluding hydrogens is 238 g/mol. The van der Waals surface area contributed by atoms with Crippen LogP contribution in [0.4, 0.5) is 0 Å². The third-order valence-electron chi connectivity index (χ3n) is 2.78. The largest absolute Gasteiger partial charge is 0.463 e. The van der Waals surface area contributed by atoms with Gasteiger partial charge >= 0.3 is 5.97 Å². The van der Waals surface area contributed by atoms with Crippen LogP contribution in [0.5, 0.6) is 0 Å². The van der Waals surface area contributed by atoms with Crippen LogP contribution in [0.1, 0.15) is 38.3 Å². The van der Waals surface area contributed by atoms with Crippen LogP contribution >= 0.6 is 0 Å². The molecule has 0 aliphatic rings. The van der Waals surface area contributed by atoms with Crippen molar-refractivity contribution in [3.63, 3.8) is 0 Å². The second kappa shape index (κ2) is 8.25. The highest BCUT2D eigenvalue weighted by Gasteiger charge is 2.12. The highest BCUT2D eigenvalue weighted by Crippen LogP contribution is 2.25. The SMILES string of the molecule is C=CCC(CC(C)=CC(=O)OCC)c1ccccn1. The minimum atomic E-state index is -0.279. The maximum Gasteiger partial charge on any atom is 0.330 e. The Morgan fingerprint density at radius 2 is 2.32 bits per heavy atom. The van der Waals surface area contributed by atoms with Gasteiger partial charge in [0.25, 0.3) is 0 Å². The molecule has 0 spiro atoms. The fraction of sp³-hybridized carbons (Fsp3) is 0.375. The molecule has 0 radical (unpaired) electrons. The zero-order valence-corrected chi connectivity index (χ0v) is 11.6. The first-order valence-electron chi connectivity index (χ1n) is 6.53. The molecule has 1 rings (SSSR count). The Morgan fingerprint density at radius 3 is 2.89 bits per heavy atom. The Balaban J connectivity index is 2.74. The number of carbonyl (C=O) groups is 1. The minimum Gasteiger partial charge on any atom is -0.463 e. The summed E-state index contributed by atoms with van der Waals surface area (Å²) in [6, 6.07) is 5.88. The molecule has 3 heteroatoms. The lowest BCUT2D eigenvalue weighted by molar-refractivity contribution is -0.137. The quantitative estimate of drug-likeness (QED) is 0.426. The monoisotopic (exact) mass is 259 g/mol. The molecule has 1 aromatic rings. The van der Waals surface area contributed by atoms with Crippen molar-refractivity contribution < 1.29 is 9.53 Å². The lowest BCUT2D eigenvalue weighted by Crippen LogP contribution is -2.04. The van der Waals surface area contributed by atoms with Crippen LogP contribution in [0.25, 0.3) is 0 Å². The van der Waals surface area contributed by atoms with Gasteiger partial charge in [0.1, 0.15) is 0 Å². The van der Waals surface area contributed by atoms with Crippen molar-refractivity contribution in [2.45, 2.75) is 32.6 Å². The molecule has 0 N–H and O–H groups in total. The van der Waals surface area contributed by atoms with Gasteiger partial charge < -0.3 is 4.74 Å². The van der Waals surface area contributed by atoms with Gasteiger partial charge in [0, 0.05) is 23.9 Å². The van der Waals surface area contributed by atoms with Crippen LogP contribution in [-0.2, 0) is 9.53 Å². The average Bonchev–Trinajstić information content (AvgIpc) is 2.39. The number of hydrogen-bond donors (Lipinski definition) is 0. The lowest BCUT2D eigenvalue weighted by Gasteiger charge is -2.14. The van der Waals surface area contributed by atoms with Gasteiger partial charge in [-0.2, -0.15) is 0 Å². The molecule has 3 nitrogen and oxygen atoms in total. The summed E-state index contributed by atoms with van der Waals surface area (Å²) in [6.45, 7) is 7.93. The van der Waals surface area contributed by atoms with Crippen LogP contribution in [0.3, 0.4) is 0 Å². The molecule has 0 amide bonds. The van der Waals surface area contributed by atoms with Crippen LogP contribution in [0.2, 0.25) is 0 Å². The van der Waals surface area contributed by atoms with Crippen LogP contribution in [-0.4, -0.2) is 17.6 Å². The summed E-state index contributed by atoms with van der Waals surface area (Å²) in [5.41, 5.74) is 2.02. The summed E-state index contributed by atoms with van der Waals surface area (Å²) in [5, 5.41) is 0. The third kappa shape index (κ3) is 5.51. The molecule has 102 valence electrons. The van der Waals surface area contributed by atoms with Crippen molar-refractivity contribution in [2.75, 3.05) is 6.61 Å². The normalized spacial score (nSPS) is 12.8. The number of esters is 1. The molecule has 0 aromatic carbocycles. The van der Waals surface area contributed by atoms with Gasteiger partial charge in [-0.1, -0.05) is 17.7 Å². The Bertz CT molecular complexity index is 437. The molecule has 0 saturated carbocycles. The van der Waals surface area contributed by atoms with Crippen molar-refractivity contribution >= 4 is 5.97 Å². The van der Waals surface area contributed by atoms with Gasteiger partial charge in [-0.05, 0) is 38.8 Å². The summed E-state index contributed by atoms with van der Waals surface area (Å²) < 4.78 is 4.91. The number of ether oxygens (including phenoxy) is 1. The summed E-state index contributed by atoms with van der Waals surface area (Å²) in [4.78, 5) is 15.8. The number of aromatic nitrogens is 1. The topological polar surface area (TPSA) is 39.2 Å². The smallest absolute Gasteiger partial charge is 0.330 e. The number of allylic oxidation sites excluding steroid dienone is 2. The first kappa shape index (κ1) is 15.2. The van der Waals surface area contributed by atoms with Crippen molar-refractivity contribution in [3.05, 3.63) is 54.4 Å². The first-order valence-corrected chi connectivity index (χ1v) is 6.53. The van der Waals surface area contributed by atoms with Gasteiger partial charge in [-0.25, -0.2) is 4.79 Å². The maximum atomic E-state index is 11.4. The average molecular weight is 259 g/mol. The van der Waals surface area contributed by atoms with E-state index >= 15 is 0 Å². The van der Waals surface area contributed by atoms with Crippen molar-refractivity contribution in [3.8, 4) is 0 Å². The summed E-state index contributed by atoms with van der Waals surface area (Å²) >= 11 is 0. The lowest BCUT2D eigenvalue weighted by atomic mass is 9.93. The molecule has 1 aromatic heterocycles. The van der Waals surface area contributed by atoms with Gasteiger partial charge in [-0.3, -0.25) is 4.98 Å². The van der Waals surface area contributed by atoms with Gasteiger partial charge in [-0.15, -0.1) is 6.58 Å². The minimum absolute atomic E-state index is 0.254. The fourth-order valence-corrected chi connectivity index (χ4v) is 1.96. The Morgan fingerprint density at radius 1 is 1.53 bits per heavy atom.